The summed E-state index contributed by atoms with van der Waals surface area (Å²) in [6.45, 7) is 2.39. The predicted octanol–water partition coefficient (Wildman–Crippen LogP) is 0.712. The summed E-state index contributed by atoms with van der Waals surface area (Å²) in [4.78, 5) is 22.8. The van der Waals surface area contributed by atoms with E-state index in [1.54, 1.807) is 0 Å². The van der Waals surface area contributed by atoms with Crippen molar-refractivity contribution < 1.29 is 19.4 Å². The van der Waals surface area contributed by atoms with Crippen molar-refractivity contribution in [1.82, 2.24) is 20.3 Å². The molecule has 1 heterocycles. The molecule has 1 aromatic carbocycles. The van der Waals surface area contributed by atoms with Crippen LogP contribution in [0.2, 0.25) is 0 Å². The van der Waals surface area contributed by atoms with Gasteiger partial charge in [0.2, 0.25) is 5.91 Å². The van der Waals surface area contributed by atoms with E-state index in [2.05, 4.69) is 15.6 Å². The largest absolute Gasteiger partial charge is 0.494 e. The first-order chi connectivity index (χ1) is 11.0. The molecule has 0 atom stereocenters. The number of rotatable bonds is 7. The molecule has 0 saturated heterocycles. The van der Waals surface area contributed by atoms with Gasteiger partial charge in [0.1, 0.15) is 12.3 Å². The molecule has 8 nitrogen and oxygen atoms in total. The minimum Gasteiger partial charge on any atom is -0.494 e. The van der Waals surface area contributed by atoms with Gasteiger partial charge < -0.3 is 15.2 Å². The van der Waals surface area contributed by atoms with Gasteiger partial charge in [-0.05, 0) is 24.6 Å². The van der Waals surface area contributed by atoms with E-state index in [4.69, 9.17) is 4.74 Å². The van der Waals surface area contributed by atoms with Crippen molar-refractivity contribution in [2.75, 3.05) is 13.7 Å². The van der Waals surface area contributed by atoms with E-state index in [1.165, 1.54) is 11.7 Å². The van der Waals surface area contributed by atoms with Crippen LogP contribution in [0.4, 0.5) is 0 Å². The molecular weight excluding hydrogens is 300 g/mol. The van der Waals surface area contributed by atoms with Crippen LogP contribution < -0.4 is 10.1 Å². The summed E-state index contributed by atoms with van der Waals surface area (Å²) in [6.07, 6.45) is 0.304. The number of aromatic nitrogens is 3. The molecule has 23 heavy (non-hydrogen) atoms. The quantitative estimate of drug-likeness (QED) is 0.779. The third-order valence-corrected chi connectivity index (χ3v) is 3.22. The summed E-state index contributed by atoms with van der Waals surface area (Å²) in [5, 5.41) is 19.1. The molecule has 1 aromatic heterocycles. The van der Waals surface area contributed by atoms with Crippen LogP contribution >= 0.6 is 0 Å². The summed E-state index contributed by atoms with van der Waals surface area (Å²) in [5.74, 6) is -0.708. The number of likely N-dealkylation sites (N-methyl/N-ethyl adjacent to an activating group) is 1. The molecule has 2 aromatic rings. The van der Waals surface area contributed by atoms with Crippen LogP contribution in [0, 0.1) is 0 Å². The highest BCUT2D eigenvalue weighted by atomic mass is 16.5. The molecule has 0 bridgehead atoms. The first-order valence-electron chi connectivity index (χ1n) is 7.13. The van der Waals surface area contributed by atoms with Crippen LogP contribution in [-0.4, -0.2) is 45.6 Å². The highest BCUT2D eigenvalue weighted by Crippen LogP contribution is 2.17. The Hall–Kier alpha value is -2.90. The maximum Gasteiger partial charge on any atom is 0.358 e. The Morgan fingerprint density at radius 1 is 1.30 bits per heavy atom. The molecule has 0 aliphatic carbocycles. The number of aromatic carboxylic acids is 1. The van der Waals surface area contributed by atoms with Crippen molar-refractivity contribution in [3.8, 4) is 5.75 Å². The maximum absolute atomic E-state index is 11.5. The lowest BCUT2D eigenvalue weighted by Crippen LogP contribution is -2.25. The maximum atomic E-state index is 11.5. The number of nitrogens with one attached hydrogen (secondary N) is 1. The fourth-order valence-electron chi connectivity index (χ4n) is 2.08. The van der Waals surface area contributed by atoms with Crippen LogP contribution in [0.5, 0.6) is 5.75 Å². The fraction of sp³-hybridized carbons (Fsp3) is 0.333. The zero-order valence-corrected chi connectivity index (χ0v) is 12.9. The molecule has 0 fully saturated rings. The van der Waals surface area contributed by atoms with Crippen molar-refractivity contribution in [3.63, 3.8) is 0 Å². The van der Waals surface area contributed by atoms with E-state index in [-0.39, 0.29) is 18.1 Å². The Bertz CT molecular complexity index is 694. The van der Waals surface area contributed by atoms with Gasteiger partial charge in [0.05, 0.1) is 12.3 Å². The summed E-state index contributed by atoms with van der Waals surface area (Å²) < 4.78 is 6.68. The first kappa shape index (κ1) is 16.5. The molecule has 0 unspecified atom stereocenters. The topological polar surface area (TPSA) is 106 Å². The van der Waals surface area contributed by atoms with E-state index in [0.717, 1.165) is 11.3 Å². The van der Waals surface area contributed by atoms with Gasteiger partial charge >= 0.3 is 5.97 Å². The molecule has 1 amide bonds. The molecule has 2 rings (SSSR count). The summed E-state index contributed by atoms with van der Waals surface area (Å²) >= 11 is 0. The average Bonchev–Trinajstić information content (AvgIpc) is 2.92. The van der Waals surface area contributed by atoms with Crippen molar-refractivity contribution in [2.24, 2.45) is 0 Å². The number of carbonyl (C=O) groups is 2. The van der Waals surface area contributed by atoms with Gasteiger partial charge in [-0.1, -0.05) is 17.3 Å². The van der Waals surface area contributed by atoms with Crippen LogP contribution in [0.15, 0.2) is 24.3 Å². The Morgan fingerprint density at radius 2 is 2.00 bits per heavy atom. The number of carboxylic acid groups (broad SMARTS) is 1. The highest BCUT2D eigenvalue weighted by Gasteiger charge is 2.20. The average molecular weight is 318 g/mol. The van der Waals surface area contributed by atoms with Gasteiger partial charge in [0.15, 0.2) is 5.69 Å². The number of carboxylic acids is 1. The SMILES string of the molecule is CCOc1ccc(Cc2c(C(=O)O)nnn2CC(=O)NC)cc1. The van der Waals surface area contributed by atoms with Gasteiger partial charge in [0.25, 0.3) is 0 Å². The molecular formula is C15H18N4O4. The van der Waals surface area contributed by atoms with E-state index in [9.17, 15) is 14.7 Å². The molecule has 0 aliphatic heterocycles. The predicted molar refractivity (Wildman–Crippen MR) is 81.5 cm³/mol. The van der Waals surface area contributed by atoms with Gasteiger partial charge in [-0.25, -0.2) is 9.48 Å². The number of nitrogens with zero attached hydrogens (tertiary/aromatic N) is 3. The Morgan fingerprint density at radius 3 is 2.57 bits per heavy atom. The second-order valence-electron chi connectivity index (χ2n) is 4.77. The molecule has 2 N–H and O–H groups in total. The fourth-order valence-corrected chi connectivity index (χ4v) is 2.08. The van der Waals surface area contributed by atoms with Crippen LogP contribution in [0.25, 0.3) is 0 Å². The van der Waals surface area contributed by atoms with E-state index < -0.39 is 5.97 Å². The van der Waals surface area contributed by atoms with Crippen molar-refractivity contribution in [1.29, 1.82) is 0 Å². The molecule has 0 aliphatic rings. The number of hydrogen-bond donors (Lipinski definition) is 2. The monoisotopic (exact) mass is 318 g/mol. The number of carbonyl (C=O) groups excluding carboxylic acids is 1. The molecule has 0 saturated carbocycles. The van der Waals surface area contributed by atoms with Crippen molar-refractivity contribution in [3.05, 3.63) is 41.2 Å². The molecule has 0 spiro atoms. The molecule has 122 valence electrons. The number of ether oxygens (including phenoxy) is 1. The van der Waals surface area contributed by atoms with Gasteiger partial charge in [-0.2, -0.15) is 0 Å². The third-order valence-electron chi connectivity index (χ3n) is 3.22. The van der Waals surface area contributed by atoms with Crippen LogP contribution in [-0.2, 0) is 17.8 Å². The van der Waals surface area contributed by atoms with Gasteiger partial charge in [-0.15, -0.1) is 5.10 Å². The standard InChI is InChI=1S/C15H18N4O4/c1-3-23-11-6-4-10(5-7-11)8-12-14(15(21)22)17-18-19(12)9-13(20)16-2/h4-7H,3,8-9H2,1-2H3,(H,16,20)(H,21,22). The highest BCUT2D eigenvalue weighted by molar-refractivity contribution is 5.86. The minimum absolute atomic E-state index is 0.0802. The molecule has 0 radical (unpaired) electrons. The number of amides is 1. The van der Waals surface area contributed by atoms with E-state index in [1.807, 2.05) is 31.2 Å². The first-order valence-corrected chi connectivity index (χ1v) is 7.13. The van der Waals surface area contributed by atoms with E-state index in [0.29, 0.717) is 18.7 Å². The lowest BCUT2D eigenvalue weighted by molar-refractivity contribution is -0.121. The second kappa shape index (κ2) is 7.39. The lowest BCUT2D eigenvalue weighted by Gasteiger charge is -2.08. The van der Waals surface area contributed by atoms with Crippen molar-refractivity contribution >= 4 is 11.9 Å². The zero-order chi connectivity index (χ0) is 16.8. The van der Waals surface area contributed by atoms with Crippen LogP contribution in [0.3, 0.4) is 0 Å². The zero-order valence-electron chi connectivity index (χ0n) is 12.9. The summed E-state index contributed by atoms with van der Waals surface area (Å²) in [5.41, 5.74) is 1.10. The number of hydrogen-bond acceptors (Lipinski definition) is 5. The van der Waals surface area contributed by atoms with Crippen molar-refractivity contribution in [2.45, 2.75) is 19.9 Å². The normalized spacial score (nSPS) is 10.3. The Labute approximate surface area is 133 Å². The second-order valence-corrected chi connectivity index (χ2v) is 4.77. The Balaban J connectivity index is 2.27. The summed E-state index contributed by atoms with van der Waals surface area (Å²) in [7, 11) is 1.50. The lowest BCUT2D eigenvalue weighted by atomic mass is 10.1. The number of benzene rings is 1. The van der Waals surface area contributed by atoms with Gasteiger partial charge in [0, 0.05) is 13.5 Å². The van der Waals surface area contributed by atoms with E-state index >= 15 is 0 Å². The summed E-state index contributed by atoms with van der Waals surface area (Å²) in [6, 6.07) is 7.31. The van der Waals surface area contributed by atoms with Crippen LogP contribution in [0.1, 0.15) is 28.7 Å². The smallest absolute Gasteiger partial charge is 0.358 e. The van der Waals surface area contributed by atoms with Gasteiger partial charge in [-0.3, -0.25) is 4.79 Å². The third kappa shape index (κ3) is 4.06. The Kier molecular flexibility index (Phi) is 5.29. The molecule has 8 heteroatoms. The minimum atomic E-state index is -1.17.